The number of carbonyl (C=O) groups excluding carboxylic acids is 2. The number of halogens is 4. The van der Waals surface area contributed by atoms with Crippen molar-refractivity contribution in [3.63, 3.8) is 0 Å². The standard InChI is InChI=1S/C29H30F4N6O3/c1-16-14-38(3)15-21(31)27(16)37-29(41)24-9-17(8-23-18(10-26(32)33)13-36-39(23)24)6-5-7-35-22-12-20(30)19(28(40)34-2)11-25(22)42-4/h8-13,16,21,27,35H,7,14-15H2,1-4H3,(H,34,40)(H,37,41)/t16-,21-,27+/m0/s1. The van der Waals surface area contributed by atoms with E-state index < -0.39 is 35.9 Å². The number of nitrogens with one attached hydrogen (secondary N) is 3. The van der Waals surface area contributed by atoms with E-state index in [2.05, 4.69) is 32.9 Å². The van der Waals surface area contributed by atoms with Crippen molar-refractivity contribution in [1.29, 1.82) is 0 Å². The minimum atomic E-state index is -1.94. The molecule has 1 aliphatic heterocycles. The van der Waals surface area contributed by atoms with Crippen LogP contribution < -0.4 is 20.7 Å². The number of methoxy groups -OCH3 is 1. The van der Waals surface area contributed by atoms with E-state index >= 15 is 0 Å². The Morgan fingerprint density at radius 2 is 1.95 bits per heavy atom. The number of ether oxygens (including phenoxy) is 1. The van der Waals surface area contributed by atoms with Crippen molar-refractivity contribution in [2.24, 2.45) is 5.92 Å². The lowest BCUT2D eigenvalue weighted by atomic mass is 9.92. The Morgan fingerprint density at radius 1 is 1.19 bits per heavy atom. The van der Waals surface area contributed by atoms with E-state index in [0.717, 1.165) is 6.07 Å². The van der Waals surface area contributed by atoms with Gasteiger partial charge in [-0.1, -0.05) is 18.8 Å². The number of rotatable bonds is 7. The van der Waals surface area contributed by atoms with Crippen molar-refractivity contribution in [1.82, 2.24) is 25.1 Å². The number of pyridine rings is 1. The van der Waals surface area contributed by atoms with Crippen LogP contribution in [0.25, 0.3) is 11.6 Å². The van der Waals surface area contributed by atoms with Gasteiger partial charge in [0.15, 0.2) is 0 Å². The van der Waals surface area contributed by atoms with E-state index in [1.807, 2.05) is 11.8 Å². The summed E-state index contributed by atoms with van der Waals surface area (Å²) in [6, 6.07) is 4.56. The van der Waals surface area contributed by atoms with Gasteiger partial charge >= 0.3 is 0 Å². The Balaban J connectivity index is 1.62. The third kappa shape index (κ3) is 6.66. The first-order valence-electron chi connectivity index (χ1n) is 13.0. The summed E-state index contributed by atoms with van der Waals surface area (Å²) in [4.78, 5) is 27.1. The molecular weight excluding hydrogens is 556 g/mol. The van der Waals surface area contributed by atoms with Crippen LogP contribution in [0.15, 0.2) is 36.5 Å². The first-order chi connectivity index (χ1) is 20.0. The van der Waals surface area contributed by atoms with E-state index in [0.29, 0.717) is 18.2 Å². The number of anilines is 1. The zero-order valence-electron chi connectivity index (χ0n) is 23.4. The van der Waals surface area contributed by atoms with Gasteiger partial charge in [-0.15, -0.1) is 0 Å². The van der Waals surface area contributed by atoms with E-state index in [-0.39, 0.29) is 52.8 Å². The van der Waals surface area contributed by atoms with Crippen molar-refractivity contribution in [3.05, 3.63) is 64.7 Å². The van der Waals surface area contributed by atoms with Crippen LogP contribution in [-0.2, 0) is 0 Å². The van der Waals surface area contributed by atoms with Crippen molar-refractivity contribution in [2.75, 3.05) is 46.2 Å². The maximum Gasteiger partial charge on any atom is 0.271 e. The molecule has 1 aromatic carbocycles. The van der Waals surface area contributed by atoms with Crippen LogP contribution in [-0.4, -0.2) is 79.4 Å². The highest BCUT2D eigenvalue weighted by Gasteiger charge is 2.35. The number of fused-ring (bicyclic) bond motifs is 1. The van der Waals surface area contributed by atoms with E-state index in [4.69, 9.17) is 4.74 Å². The molecule has 0 saturated carbocycles. The summed E-state index contributed by atoms with van der Waals surface area (Å²) < 4.78 is 61.9. The average Bonchev–Trinajstić information content (AvgIpc) is 3.33. The van der Waals surface area contributed by atoms with Crippen LogP contribution in [0.5, 0.6) is 5.75 Å². The fourth-order valence-electron chi connectivity index (χ4n) is 4.93. The van der Waals surface area contributed by atoms with Gasteiger partial charge in [-0.2, -0.15) is 13.9 Å². The number of benzene rings is 1. The summed E-state index contributed by atoms with van der Waals surface area (Å²) >= 11 is 0. The molecule has 3 heterocycles. The zero-order chi connectivity index (χ0) is 30.6. The smallest absolute Gasteiger partial charge is 0.271 e. The average molecular weight is 587 g/mol. The number of nitrogens with zero attached hydrogens (tertiary/aromatic N) is 3. The summed E-state index contributed by atoms with van der Waals surface area (Å²) in [5, 5.41) is 12.1. The van der Waals surface area contributed by atoms with Gasteiger partial charge in [0.05, 0.1) is 42.7 Å². The molecule has 3 aromatic rings. The van der Waals surface area contributed by atoms with Crippen LogP contribution in [0, 0.1) is 23.6 Å². The number of amides is 2. The monoisotopic (exact) mass is 586 g/mol. The topological polar surface area (TPSA) is 100 Å². The van der Waals surface area contributed by atoms with Crippen LogP contribution in [0.3, 0.4) is 0 Å². The summed E-state index contributed by atoms with van der Waals surface area (Å²) in [5.74, 6) is 3.77. The molecule has 4 rings (SSSR count). The van der Waals surface area contributed by atoms with Crippen LogP contribution in [0.1, 0.15) is 38.9 Å². The molecule has 1 aliphatic rings. The number of hydrogen-bond acceptors (Lipinski definition) is 6. The normalized spacial score (nSPS) is 18.5. The van der Waals surface area contributed by atoms with Crippen molar-refractivity contribution >= 4 is 29.1 Å². The Morgan fingerprint density at radius 3 is 2.62 bits per heavy atom. The second-order valence-corrected chi connectivity index (χ2v) is 9.94. The molecule has 0 radical (unpaired) electrons. The second-order valence-electron chi connectivity index (χ2n) is 9.94. The number of likely N-dealkylation sites (tertiary alicyclic amines) is 1. The maximum atomic E-state index is 14.8. The minimum absolute atomic E-state index is 0.00357. The lowest BCUT2D eigenvalue weighted by molar-refractivity contribution is 0.0658. The molecule has 0 spiro atoms. The van der Waals surface area contributed by atoms with Crippen LogP contribution in [0.2, 0.25) is 0 Å². The van der Waals surface area contributed by atoms with E-state index in [9.17, 15) is 27.2 Å². The Labute approximate surface area is 239 Å². The van der Waals surface area contributed by atoms with Crippen LogP contribution in [0.4, 0.5) is 23.2 Å². The molecule has 9 nitrogen and oxygen atoms in total. The van der Waals surface area contributed by atoms with Crippen molar-refractivity contribution < 1.29 is 31.9 Å². The van der Waals surface area contributed by atoms with Gasteiger partial charge in [0, 0.05) is 43.4 Å². The zero-order valence-corrected chi connectivity index (χ0v) is 23.4. The predicted molar refractivity (Wildman–Crippen MR) is 150 cm³/mol. The third-order valence-corrected chi connectivity index (χ3v) is 6.89. The van der Waals surface area contributed by atoms with E-state index in [1.54, 1.807) is 7.05 Å². The van der Waals surface area contributed by atoms with Gasteiger partial charge in [0.2, 0.25) is 0 Å². The fraction of sp³-hybridized carbons (Fsp3) is 0.345. The number of aromatic nitrogens is 2. The quantitative estimate of drug-likeness (QED) is 0.289. The summed E-state index contributed by atoms with van der Waals surface area (Å²) in [5.41, 5.74) is 0.643. The second kappa shape index (κ2) is 12.9. The van der Waals surface area contributed by atoms with Gasteiger partial charge in [0.1, 0.15) is 23.4 Å². The lowest BCUT2D eigenvalue weighted by Crippen LogP contribution is -2.56. The minimum Gasteiger partial charge on any atom is -0.495 e. The molecular formula is C29H30F4N6O3. The van der Waals surface area contributed by atoms with Gasteiger partial charge in [-0.3, -0.25) is 9.59 Å². The number of carbonyl (C=O) groups is 2. The Hall–Kier alpha value is -4.57. The summed E-state index contributed by atoms with van der Waals surface area (Å²) in [6.07, 6.45) is -1.41. The first kappa shape index (κ1) is 30.4. The van der Waals surface area contributed by atoms with Crippen molar-refractivity contribution in [3.8, 4) is 17.6 Å². The summed E-state index contributed by atoms with van der Waals surface area (Å²) in [6.45, 7) is 2.60. The molecule has 1 fully saturated rings. The molecule has 3 N–H and O–H groups in total. The highest BCUT2D eigenvalue weighted by atomic mass is 19.3. The van der Waals surface area contributed by atoms with Crippen LogP contribution >= 0.6 is 0 Å². The van der Waals surface area contributed by atoms with Gasteiger partial charge in [0.25, 0.3) is 17.9 Å². The summed E-state index contributed by atoms with van der Waals surface area (Å²) in [7, 11) is 4.55. The Kier molecular flexibility index (Phi) is 9.37. The van der Waals surface area contributed by atoms with E-state index in [1.165, 1.54) is 43.1 Å². The molecule has 0 bridgehead atoms. The molecule has 1 saturated heterocycles. The van der Waals surface area contributed by atoms with Crippen molar-refractivity contribution in [2.45, 2.75) is 19.1 Å². The lowest BCUT2D eigenvalue weighted by Gasteiger charge is -2.37. The highest BCUT2D eigenvalue weighted by Crippen LogP contribution is 2.28. The molecule has 13 heteroatoms. The first-order valence-corrected chi connectivity index (χ1v) is 13.0. The molecule has 0 unspecified atom stereocenters. The Bertz CT molecular complexity index is 1580. The molecule has 2 amide bonds. The number of alkyl halides is 1. The SMILES string of the molecule is CNC(=O)c1cc(OC)c(NCC#Cc2cc(C(=O)N[C@@H]3[C@@H](C)CN(C)C[C@@H]3F)n3ncc(C=C(F)F)c3c2)cc1F. The van der Waals surface area contributed by atoms with Gasteiger partial charge < -0.3 is 25.6 Å². The number of piperidine rings is 1. The molecule has 222 valence electrons. The molecule has 3 atom stereocenters. The van der Waals surface area contributed by atoms with Gasteiger partial charge in [-0.05, 0) is 31.2 Å². The predicted octanol–water partition coefficient (Wildman–Crippen LogP) is 3.56. The largest absolute Gasteiger partial charge is 0.495 e. The maximum absolute atomic E-state index is 14.8. The third-order valence-electron chi connectivity index (χ3n) is 6.89. The fourth-order valence-corrected chi connectivity index (χ4v) is 4.93. The molecule has 0 aliphatic carbocycles. The number of hydrogen-bond donors (Lipinski definition) is 3. The molecule has 2 aromatic heterocycles. The van der Waals surface area contributed by atoms with Gasteiger partial charge in [-0.25, -0.2) is 13.3 Å². The highest BCUT2D eigenvalue weighted by molar-refractivity contribution is 5.95. The molecule has 42 heavy (non-hydrogen) atoms.